The number of furan rings is 1. The highest BCUT2D eigenvalue weighted by atomic mass is 32.2. The lowest BCUT2D eigenvalue weighted by Gasteiger charge is -2.06. The molecule has 2 nitrogen and oxygen atoms in total. The Balaban J connectivity index is 1.96. The molecule has 16 heavy (non-hydrogen) atoms. The smallest absolute Gasteiger partial charge is 0.206 e. The average molecular weight is 230 g/mol. The maximum Gasteiger partial charge on any atom is 0.206 e. The second-order valence-corrected chi connectivity index (χ2v) is 4.80. The van der Waals surface area contributed by atoms with Gasteiger partial charge in [-0.1, -0.05) is 18.2 Å². The monoisotopic (exact) mass is 230 g/mol. The number of ketones is 1. The molecule has 0 spiro atoms. The molecule has 0 saturated heterocycles. The molecule has 1 aromatic heterocycles. The molecule has 0 amide bonds. The van der Waals surface area contributed by atoms with Crippen LogP contribution < -0.4 is 0 Å². The molecule has 0 bridgehead atoms. The van der Waals surface area contributed by atoms with Gasteiger partial charge < -0.3 is 4.42 Å². The number of hydrogen-bond donors (Lipinski definition) is 0. The summed E-state index contributed by atoms with van der Waals surface area (Å²) in [5.41, 5.74) is 1.13. The minimum atomic E-state index is -0.0488. The molecule has 0 N–H and O–H groups in total. The third-order valence-electron chi connectivity index (χ3n) is 2.78. The summed E-state index contributed by atoms with van der Waals surface area (Å²) in [7, 11) is 0. The Kier molecular flexibility index (Phi) is 2.33. The van der Waals surface area contributed by atoms with Crippen molar-refractivity contribution >= 4 is 17.5 Å². The van der Waals surface area contributed by atoms with Crippen molar-refractivity contribution in [1.29, 1.82) is 0 Å². The standard InChI is InChI=1S/C13H10O2S/c14-13(11-5-3-7-15-11)10-8-16-12-6-2-1-4-9(10)12/h1-7,10H,8H2. The maximum atomic E-state index is 12.2. The quantitative estimate of drug-likeness (QED) is 0.741. The fourth-order valence-corrected chi connectivity index (χ4v) is 3.20. The lowest BCUT2D eigenvalue weighted by molar-refractivity contribution is 0.0941. The number of fused-ring (bicyclic) bond motifs is 1. The van der Waals surface area contributed by atoms with Gasteiger partial charge in [-0.05, 0) is 23.8 Å². The van der Waals surface area contributed by atoms with Crippen LogP contribution in [0.1, 0.15) is 22.0 Å². The van der Waals surface area contributed by atoms with Crippen molar-refractivity contribution in [3.8, 4) is 0 Å². The third kappa shape index (κ3) is 1.48. The van der Waals surface area contributed by atoms with E-state index in [0.717, 1.165) is 11.3 Å². The van der Waals surface area contributed by atoms with Gasteiger partial charge in [-0.15, -0.1) is 11.8 Å². The molecule has 2 heterocycles. The predicted octanol–water partition coefficient (Wildman–Crippen LogP) is 3.35. The summed E-state index contributed by atoms with van der Waals surface area (Å²) in [5.74, 6) is 1.32. The van der Waals surface area contributed by atoms with E-state index in [9.17, 15) is 4.79 Å². The van der Waals surface area contributed by atoms with Gasteiger partial charge >= 0.3 is 0 Å². The van der Waals surface area contributed by atoms with Crippen molar-refractivity contribution < 1.29 is 9.21 Å². The zero-order valence-corrected chi connectivity index (χ0v) is 9.37. The summed E-state index contributed by atoms with van der Waals surface area (Å²) in [6.45, 7) is 0. The van der Waals surface area contributed by atoms with Crippen LogP contribution in [0.15, 0.2) is 52.0 Å². The topological polar surface area (TPSA) is 30.2 Å². The van der Waals surface area contributed by atoms with E-state index in [1.165, 1.54) is 4.90 Å². The van der Waals surface area contributed by atoms with E-state index in [1.54, 1.807) is 30.2 Å². The highest BCUT2D eigenvalue weighted by Gasteiger charge is 2.30. The summed E-state index contributed by atoms with van der Waals surface area (Å²) >= 11 is 1.74. The molecule has 1 aliphatic rings. The molecule has 80 valence electrons. The van der Waals surface area contributed by atoms with Gasteiger partial charge in [-0.25, -0.2) is 0 Å². The third-order valence-corrected chi connectivity index (χ3v) is 3.96. The Morgan fingerprint density at radius 1 is 1.25 bits per heavy atom. The van der Waals surface area contributed by atoms with E-state index in [-0.39, 0.29) is 11.7 Å². The molecule has 1 atom stereocenters. The minimum Gasteiger partial charge on any atom is -0.461 e. The summed E-state index contributed by atoms with van der Waals surface area (Å²) < 4.78 is 5.16. The van der Waals surface area contributed by atoms with Crippen molar-refractivity contribution in [3.63, 3.8) is 0 Å². The largest absolute Gasteiger partial charge is 0.461 e. The highest BCUT2D eigenvalue weighted by molar-refractivity contribution is 7.99. The van der Waals surface area contributed by atoms with Crippen LogP contribution in [0.5, 0.6) is 0 Å². The average Bonchev–Trinajstić information content (AvgIpc) is 2.98. The number of rotatable bonds is 2. The summed E-state index contributed by atoms with van der Waals surface area (Å²) in [4.78, 5) is 13.4. The van der Waals surface area contributed by atoms with Crippen molar-refractivity contribution in [1.82, 2.24) is 0 Å². The van der Waals surface area contributed by atoms with Gasteiger partial charge in [0.25, 0.3) is 0 Å². The first-order valence-corrected chi connectivity index (χ1v) is 6.14. The molecule has 0 aliphatic carbocycles. The lowest BCUT2D eigenvalue weighted by atomic mass is 9.95. The molecule has 1 aliphatic heterocycles. The zero-order chi connectivity index (χ0) is 11.0. The number of benzene rings is 1. The predicted molar refractivity (Wildman–Crippen MR) is 62.9 cm³/mol. The van der Waals surface area contributed by atoms with E-state index in [4.69, 9.17) is 4.42 Å². The summed E-state index contributed by atoms with van der Waals surface area (Å²) in [6, 6.07) is 11.6. The van der Waals surface area contributed by atoms with E-state index >= 15 is 0 Å². The van der Waals surface area contributed by atoms with Gasteiger partial charge in [-0.2, -0.15) is 0 Å². The first-order chi connectivity index (χ1) is 7.86. The van der Waals surface area contributed by atoms with Crippen LogP contribution in [0.4, 0.5) is 0 Å². The SMILES string of the molecule is O=C(c1ccco1)C1CSc2ccccc21. The molecular weight excluding hydrogens is 220 g/mol. The van der Waals surface area contributed by atoms with Crippen LogP contribution in [0, 0.1) is 0 Å². The van der Waals surface area contributed by atoms with Crippen LogP contribution in [-0.2, 0) is 0 Å². The number of carbonyl (C=O) groups excluding carboxylic acids is 1. The Morgan fingerprint density at radius 3 is 2.94 bits per heavy atom. The van der Waals surface area contributed by atoms with Crippen molar-refractivity contribution in [3.05, 3.63) is 54.0 Å². The van der Waals surface area contributed by atoms with Crippen molar-refractivity contribution in [2.75, 3.05) is 5.75 Å². The van der Waals surface area contributed by atoms with Crippen molar-refractivity contribution in [2.45, 2.75) is 10.8 Å². The van der Waals surface area contributed by atoms with Crippen LogP contribution in [0.25, 0.3) is 0 Å². The van der Waals surface area contributed by atoms with E-state index in [1.807, 2.05) is 18.2 Å². The highest BCUT2D eigenvalue weighted by Crippen LogP contribution is 2.40. The molecule has 0 saturated carbocycles. The minimum absolute atomic E-state index is 0.0488. The first kappa shape index (κ1) is 9.73. The number of Topliss-reactive ketones (excluding diaryl/α,β-unsaturated/α-hetero) is 1. The van der Waals surface area contributed by atoms with Gasteiger partial charge in [-0.3, -0.25) is 4.79 Å². The summed E-state index contributed by atoms with van der Waals surface area (Å²) in [5, 5.41) is 0. The Bertz CT molecular complexity index is 516. The summed E-state index contributed by atoms with van der Waals surface area (Å²) in [6.07, 6.45) is 1.54. The fourth-order valence-electron chi connectivity index (χ4n) is 1.97. The maximum absolute atomic E-state index is 12.2. The van der Waals surface area contributed by atoms with Gasteiger partial charge in [0.1, 0.15) is 0 Å². The molecule has 1 unspecified atom stereocenters. The Labute approximate surface area is 97.7 Å². The Hall–Kier alpha value is -1.48. The van der Waals surface area contributed by atoms with Crippen LogP contribution >= 0.6 is 11.8 Å². The lowest BCUT2D eigenvalue weighted by Crippen LogP contribution is -2.11. The number of hydrogen-bond acceptors (Lipinski definition) is 3. The van der Waals surface area contributed by atoms with Crippen LogP contribution in [0.2, 0.25) is 0 Å². The number of thioether (sulfide) groups is 1. The second-order valence-electron chi connectivity index (χ2n) is 3.74. The van der Waals surface area contributed by atoms with Gasteiger partial charge in [0.2, 0.25) is 5.78 Å². The second kappa shape index (κ2) is 3.83. The first-order valence-electron chi connectivity index (χ1n) is 5.16. The van der Waals surface area contributed by atoms with Gasteiger partial charge in [0.15, 0.2) is 5.76 Å². The van der Waals surface area contributed by atoms with Crippen LogP contribution in [-0.4, -0.2) is 11.5 Å². The molecule has 2 aromatic rings. The van der Waals surface area contributed by atoms with E-state index in [2.05, 4.69) is 6.07 Å². The molecule has 0 radical (unpaired) electrons. The van der Waals surface area contributed by atoms with E-state index < -0.39 is 0 Å². The molecular formula is C13H10O2S. The molecule has 3 rings (SSSR count). The van der Waals surface area contributed by atoms with Crippen LogP contribution in [0.3, 0.4) is 0 Å². The Morgan fingerprint density at radius 2 is 2.12 bits per heavy atom. The van der Waals surface area contributed by atoms with E-state index in [0.29, 0.717) is 5.76 Å². The number of carbonyl (C=O) groups is 1. The van der Waals surface area contributed by atoms with Crippen molar-refractivity contribution in [2.24, 2.45) is 0 Å². The zero-order valence-electron chi connectivity index (χ0n) is 8.55. The normalized spacial score (nSPS) is 18.4. The van der Waals surface area contributed by atoms with Gasteiger partial charge in [0, 0.05) is 10.6 Å². The molecule has 3 heteroatoms. The van der Waals surface area contributed by atoms with Gasteiger partial charge in [0.05, 0.1) is 12.2 Å². The fraction of sp³-hybridized carbons (Fsp3) is 0.154. The molecule has 1 aromatic carbocycles. The molecule has 0 fully saturated rings.